The van der Waals surface area contributed by atoms with Gasteiger partial charge in [0.05, 0.1) is 24.0 Å². The zero-order chi connectivity index (χ0) is 38.5. The maximum atomic E-state index is 12.5. The van der Waals surface area contributed by atoms with Crippen LogP contribution in [0.5, 0.6) is 11.5 Å². The van der Waals surface area contributed by atoms with Crippen LogP contribution < -0.4 is 11.1 Å². The first-order chi connectivity index (χ1) is 25.1. The zero-order valence-electron chi connectivity index (χ0n) is 31.2. The lowest BCUT2D eigenvalue weighted by Gasteiger charge is -2.28. The molecule has 14 heteroatoms. The molecular weight excluding hydrogens is 680 g/mol. The number of hydrogen-bond acceptors (Lipinski definition) is 11. The van der Waals surface area contributed by atoms with Crippen LogP contribution >= 0.6 is 0 Å². The Kier molecular flexibility index (Phi) is 11.9. The number of pyridine rings is 1. The molecule has 0 atom stereocenters. The summed E-state index contributed by atoms with van der Waals surface area (Å²) < 4.78 is 8.08. The van der Waals surface area contributed by atoms with Crippen molar-refractivity contribution < 1.29 is 39.0 Å². The minimum Gasteiger partial charge on any atom is -0.504 e. The topological polar surface area (TPSA) is 199 Å². The number of nitrogens with zero attached hydrogens (tertiary/aromatic N) is 4. The van der Waals surface area contributed by atoms with E-state index in [1.54, 1.807) is 12.1 Å². The van der Waals surface area contributed by atoms with Crippen LogP contribution in [0.4, 0.5) is 5.82 Å². The lowest BCUT2D eigenvalue weighted by Crippen LogP contribution is -2.44. The predicted octanol–water partition coefficient (Wildman–Crippen LogP) is 5.33. The third kappa shape index (κ3) is 9.23. The number of ether oxygens (including phenoxy) is 1. The van der Waals surface area contributed by atoms with Crippen molar-refractivity contribution in [3.63, 3.8) is 0 Å². The monoisotopic (exact) mass is 730 g/mol. The molecule has 0 radical (unpaired) electrons. The van der Waals surface area contributed by atoms with E-state index in [4.69, 9.17) is 25.3 Å². The van der Waals surface area contributed by atoms with E-state index in [0.717, 1.165) is 47.1 Å². The number of para-hydroxylation sites is 1. The van der Waals surface area contributed by atoms with Gasteiger partial charge in [0.1, 0.15) is 11.3 Å². The van der Waals surface area contributed by atoms with Gasteiger partial charge in [-0.2, -0.15) is 0 Å². The lowest BCUT2D eigenvalue weighted by atomic mass is 9.81. The summed E-state index contributed by atoms with van der Waals surface area (Å²) in [6.45, 7) is 11.3. The SMILES string of the molecule is CCCCc1nc2c(N)nc3cc(C(C)(C)CCOCCC(C)(C)NC(=O)CCC(=O)ON4C(=O)CCC4=O)ccc3c2n1Cc1cccc(O)c1O. The summed E-state index contributed by atoms with van der Waals surface area (Å²) in [7, 11) is 0. The van der Waals surface area contributed by atoms with Crippen molar-refractivity contribution >= 4 is 51.4 Å². The number of fused-ring (bicyclic) bond motifs is 3. The quantitative estimate of drug-likeness (QED) is 0.0622. The van der Waals surface area contributed by atoms with Crippen molar-refractivity contribution in [1.82, 2.24) is 24.9 Å². The number of hydroxylamine groups is 2. The molecule has 1 aliphatic rings. The van der Waals surface area contributed by atoms with Crippen LogP contribution in [-0.2, 0) is 47.1 Å². The molecule has 0 bridgehead atoms. The number of nitrogens with two attached hydrogens (primary N) is 1. The summed E-state index contributed by atoms with van der Waals surface area (Å²) in [5.74, 6) is -1.47. The number of aromatic nitrogens is 3. The molecule has 14 nitrogen and oxygen atoms in total. The van der Waals surface area contributed by atoms with E-state index in [0.29, 0.717) is 54.6 Å². The highest BCUT2D eigenvalue weighted by molar-refractivity contribution is 6.07. The number of amides is 3. The fourth-order valence-electron chi connectivity index (χ4n) is 6.38. The molecule has 5 N–H and O–H groups in total. The van der Waals surface area contributed by atoms with Gasteiger partial charge >= 0.3 is 5.97 Å². The van der Waals surface area contributed by atoms with Gasteiger partial charge in [0, 0.05) is 55.4 Å². The minimum atomic E-state index is -0.819. The fourth-order valence-corrected chi connectivity index (χ4v) is 6.38. The van der Waals surface area contributed by atoms with Crippen LogP contribution in [0.2, 0.25) is 0 Å². The molecule has 3 amide bonds. The number of benzene rings is 2. The third-order valence-electron chi connectivity index (χ3n) is 9.72. The molecule has 0 unspecified atom stereocenters. The second-order valence-corrected chi connectivity index (χ2v) is 14.9. The van der Waals surface area contributed by atoms with Gasteiger partial charge in [-0.05, 0) is 56.2 Å². The number of anilines is 1. The summed E-state index contributed by atoms with van der Waals surface area (Å²) in [4.78, 5) is 62.3. The standard InChI is InChI=1S/C39H50N6O8/c1-6-7-11-29-42-34-35(44(29)23-24-9-8-10-28(46)36(24)51)26-13-12-25(22-27(26)41-37(34)40)38(2,3)18-20-52-21-19-39(4,5)43-30(47)14-17-33(50)53-45-31(48)15-16-32(45)49/h8-10,12-13,22,46,51H,6-7,11,14-21,23H2,1-5H3,(H2,40,41)(H,43,47). The number of carbonyl (C=O) groups is 4. The minimum absolute atomic E-state index is 0.00535. The highest BCUT2D eigenvalue weighted by Gasteiger charge is 2.33. The van der Waals surface area contributed by atoms with Gasteiger partial charge in [0.15, 0.2) is 17.3 Å². The Morgan fingerprint density at radius 1 is 0.981 bits per heavy atom. The molecule has 0 aliphatic carbocycles. The first kappa shape index (κ1) is 39.0. The van der Waals surface area contributed by atoms with Gasteiger partial charge in [0.2, 0.25) is 5.91 Å². The van der Waals surface area contributed by atoms with Crippen LogP contribution in [0.25, 0.3) is 21.9 Å². The van der Waals surface area contributed by atoms with Crippen LogP contribution in [0.1, 0.15) is 103 Å². The summed E-state index contributed by atoms with van der Waals surface area (Å²) in [6, 6.07) is 11.1. The van der Waals surface area contributed by atoms with Crippen LogP contribution in [0.3, 0.4) is 0 Å². The largest absolute Gasteiger partial charge is 0.504 e. The molecule has 1 saturated heterocycles. The van der Waals surface area contributed by atoms with Gasteiger partial charge in [-0.3, -0.25) is 14.4 Å². The van der Waals surface area contributed by atoms with Crippen molar-refractivity contribution in [1.29, 1.82) is 0 Å². The third-order valence-corrected chi connectivity index (χ3v) is 9.72. The van der Waals surface area contributed by atoms with Gasteiger partial charge in [0.25, 0.3) is 11.8 Å². The van der Waals surface area contributed by atoms with E-state index in [1.165, 1.54) is 6.07 Å². The van der Waals surface area contributed by atoms with E-state index in [2.05, 4.69) is 42.8 Å². The molecule has 2 aromatic carbocycles. The Morgan fingerprint density at radius 3 is 2.42 bits per heavy atom. The van der Waals surface area contributed by atoms with Crippen molar-refractivity contribution in [3.8, 4) is 11.5 Å². The number of nitrogens with one attached hydrogen (secondary N) is 1. The number of imidazole rings is 1. The molecular formula is C39H50N6O8. The van der Waals surface area contributed by atoms with Gasteiger partial charge < -0.3 is 35.4 Å². The Labute approximate surface area is 308 Å². The number of carbonyl (C=O) groups excluding carboxylic acids is 4. The Hall–Kier alpha value is -5.24. The number of phenols is 2. The molecule has 5 rings (SSSR count). The number of unbranched alkanes of at least 4 members (excludes halogenated alkanes) is 1. The van der Waals surface area contributed by atoms with Crippen LogP contribution in [-0.4, -0.2) is 72.3 Å². The zero-order valence-corrected chi connectivity index (χ0v) is 31.2. The number of imide groups is 1. The summed E-state index contributed by atoms with van der Waals surface area (Å²) >= 11 is 0. The van der Waals surface area contributed by atoms with Gasteiger partial charge in [-0.25, -0.2) is 14.8 Å². The lowest BCUT2D eigenvalue weighted by molar-refractivity contribution is -0.197. The highest BCUT2D eigenvalue weighted by atomic mass is 16.7. The number of rotatable bonds is 17. The van der Waals surface area contributed by atoms with E-state index < -0.39 is 23.3 Å². The molecule has 53 heavy (non-hydrogen) atoms. The summed E-state index contributed by atoms with van der Waals surface area (Å²) in [6.07, 6.45) is 3.49. The van der Waals surface area contributed by atoms with Crippen molar-refractivity contribution in [2.24, 2.45) is 0 Å². The van der Waals surface area contributed by atoms with Crippen LogP contribution in [0.15, 0.2) is 36.4 Å². The number of nitrogen functional groups attached to an aromatic ring is 1. The summed E-state index contributed by atoms with van der Waals surface area (Å²) in [5, 5.41) is 25.0. The van der Waals surface area contributed by atoms with E-state index >= 15 is 0 Å². The Balaban J connectivity index is 1.19. The van der Waals surface area contributed by atoms with Crippen molar-refractivity contribution in [2.45, 2.75) is 110 Å². The molecule has 3 heterocycles. The maximum Gasteiger partial charge on any atom is 0.333 e. The predicted molar refractivity (Wildman–Crippen MR) is 199 cm³/mol. The molecule has 0 saturated carbocycles. The van der Waals surface area contributed by atoms with Crippen LogP contribution in [0, 0.1) is 0 Å². The van der Waals surface area contributed by atoms with Gasteiger partial charge in [-0.1, -0.05) is 51.5 Å². The first-order valence-electron chi connectivity index (χ1n) is 18.1. The average Bonchev–Trinajstić information content (AvgIpc) is 3.62. The molecule has 2 aromatic heterocycles. The number of aryl methyl sites for hydroxylation is 1. The Bertz CT molecular complexity index is 2000. The highest BCUT2D eigenvalue weighted by Crippen LogP contribution is 2.36. The van der Waals surface area contributed by atoms with Crippen molar-refractivity contribution in [3.05, 3.63) is 53.3 Å². The smallest absolute Gasteiger partial charge is 0.333 e. The molecule has 1 fully saturated rings. The van der Waals surface area contributed by atoms with E-state index in [9.17, 15) is 29.4 Å². The molecule has 284 valence electrons. The summed E-state index contributed by atoms with van der Waals surface area (Å²) in [5.41, 5.74) is 9.45. The second kappa shape index (κ2) is 16.2. The molecule has 1 aliphatic heterocycles. The van der Waals surface area contributed by atoms with E-state index in [1.807, 2.05) is 19.9 Å². The second-order valence-electron chi connectivity index (χ2n) is 14.9. The number of hydrogen-bond donors (Lipinski definition) is 4. The number of aromatic hydroxyl groups is 2. The molecule has 4 aromatic rings. The van der Waals surface area contributed by atoms with Crippen molar-refractivity contribution in [2.75, 3.05) is 18.9 Å². The normalized spacial score (nSPS) is 13.7. The van der Waals surface area contributed by atoms with Gasteiger partial charge in [-0.15, -0.1) is 5.06 Å². The fraction of sp³-hybridized carbons (Fsp3) is 0.487. The maximum absolute atomic E-state index is 12.5. The van der Waals surface area contributed by atoms with E-state index in [-0.39, 0.29) is 48.5 Å². The molecule has 0 spiro atoms. The first-order valence-corrected chi connectivity index (χ1v) is 18.1. The Morgan fingerprint density at radius 2 is 1.70 bits per heavy atom. The average molecular weight is 731 g/mol. The number of phenolic OH excluding ortho intramolecular Hbond substituents is 2.